The summed E-state index contributed by atoms with van der Waals surface area (Å²) >= 11 is 0. The maximum Gasteiger partial charge on any atom is 0.208 e. The fraction of sp³-hybridized carbons (Fsp3) is 0.727. The van der Waals surface area contributed by atoms with E-state index < -0.39 is 0 Å². The summed E-state index contributed by atoms with van der Waals surface area (Å²) in [5.41, 5.74) is 0.963. The molecule has 1 aromatic heterocycles. The zero-order valence-electron chi connectivity index (χ0n) is 9.36. The van der Waals surface area contributed by atoms with Gasteiger partial charge in [-0.05, 0) is 26.7 Å². The van der Waals surface area contributed by atoms with E-state index in [9.17, 15) is 0 Å². The van der Waals surface area contributed by atoms with E-state index in [0.29, 0.717) is 12.6 Å². The molecule has 1 heterocycles. The predicted octanol–water partition coefficient (Wildman–Crippen LogP) is 1.25. The third-order valence-corrected chi connectivity index (χ3v) is 2.86. The number of rotatable bonds is 5. The van der Waals surface area contributed by atoms with E-state index in [1.807, 2.05) is 13.8 Å². The van der Waals surface area contributed by atoms with Crippen molar-refractivity contribution in [1.82, 2.24) is 9.88 Å². The highest BCUT2D eigenvalue weighted by molar-refractivity contribution is 5.05. The molecule has 0 spiro atoms. The van der Waals surface area contributed by atoms with Crippen LogP contribution in [0.5, 0.6) is 0 Å². The molecule has 0 amide bonds. The first kappa shape index (κ1) is 10.6. The molecular weight excluding hydrogens is 192 g/mol. The molecule has 1 saturated carbocycles. The van der Waals surface area contributed by atoms with Crippen LogP contribution < -0.4 is 0 Å². The number of aliphatic hydroxyl groups is 1. The minimum Gasteiger partial charge on any atom is -0.444 e. The Hall–Kier alpha value is -0.870. The molecule has 0 atom stereocenters. The predicted molar refractivity (Wildman–Crippen MR) is 56.5 cm³/mol. The van der Waals surface area contributed by atoms with E-state index in [1.54, 1.807) is 0 Å². The van der Waals surface area contributed by atoms with Crippen LogP contribution in [-0.4, -0.2) is 34.2 Å². The fourth-order valence-corrected chi connectivity index (χ4v) is 1.74. The van der Waals surface area contributed by atoms with E-state index in [-0.39, 0.29) is 6.61 Å². The summed E-state index contributed by atoms with van der Waals surface area (Å²) in [6.07, 6.45) is 2.47. The van der Waals surface area contributed by atoms with Gasteiger partial charge >= 0.3 is 0 Å². The third-order valence-electron chi connectivity index (χ3n) is 2.86. The van der Waals surface area contributed by atoms with Crippen molar-refractivity contribution < 1.29 is 9.52 Å². The Morgan fingerprint density at radius 3 is 2.67 bits per heavy atom. The van der Waals surface area contributed by atoms with E-state index in [4.69, 9.17) is 9.52 Å². The molecule has 4 nitrogen and oxygen atoms in total. The maximum atomic E-state index is 8.96. The van der Waals surface area contributed by atoms with Gasteiger partial charge in [0.15, 0.2) is 0 Å². The topological polar surface area (TPSA) is 49.5 Å². The van der Waals surface area contributed by atoms with Gasteiger partial charge in [0.05, 0.1) is 18.8 Å². The van der Waals surface area contributed by atoms with Crippen LogP contribution in [0.4, 0.5) is 0 Å². The second-order valence-electron chi connectivity index (χ2n) is 4.17. The van der Waals surface area contributed by atoms with Crippen molar-refractivity contribution in [3.63, 3.8) is 0 Å². The molecule has 0 unspecified atom stereocenters. The third kappa shape index (κ3) is 2.58. The Balaban J connectivity index is 1.98. The van der Waals surface area contributed by atoms with Gasteiger partial charge in [0.2, 0.25) is 5.89 Å². The molecule has 0 radical (unpaired) electrons. The Morgan fingerprint density at radius 1 is 1.47 bits per heavy atom. The zero-order chi connectivity index (χ0) is 10.8. The first-order chi connectivity index (χ1) is 7.20. The summed E-state index contributed by atoms with van der Waals surface area (Å²) in [5, 5.41) is 8.96. The molecule has 1 aliphatic carbocycles. The van der Waals surface area contributed by atoms with Crippen molar-refractivity contribution in [2.45, 2.75) is 39.3 Å². The number of aryl methyl sites for hydroxylation is 2. The minimum atomic E-state index is 0.204. The minimum absolute atomic E-state index is 0.204. The summed E-state index contributed by atoms with van der Waals surface area (Å²) in [7, 11) is 0. The summed E-state index contributed by atoms with van der Waals surface area (Å²) in [6, 6.07) is 0.629. The van der Waals surface area contributed by atoms with Gasteiger partial charge in [-0.2, -0.15) is 0 Å². The molecule has 1 fully saturated rings. The van der Waals surface area contributed by atoms with Crippen LogP contribution in [0.3, 0.4) is 0 Å². The summed E-state index contributed by atoms with van der Waals surface area (Å²) in [6.45, 7) is 5.52. The van der Waals surface area contributed by atoms with Gasteiger partial charge in [-0.1, -0.05) is 0 Å². The van der Waals surface area contributed by atoms with E-state index in [2.05, 4.69) is 9.88 Å². The van der Waals surface area contributed by atoms with Crippen molar-refractivity contribution in [3.05, 3.63) is 17.3 Å². The van der Waals surface area contributed by atoms with Crippen molar-refractivity contribution in [2.24, 2.45) is 0 Å². The standard InChI is InChI=1S/C11H18N2O2/c1-8-9(2)15-11(12-8)7-13(5-6-14)10-3-4-10/h10,14H,3-7H2,1-2H3. The lowest BCUT2D eigenvalue weighted by molar-refractivity contribution is 0.171. The van der Waals surface area contributed by atoms with Crippen LogP contribution in [-0.2, 0) is 6.54 Å². The van der Waals surface area contributed by atoms with Crippen molar-refractivity contribution in [2.75, 3.05) is 13.2 Å². The lowest BCUT2D eigenvalue weighted by Crippen LogP contribution is -2.28. The molecule has 0 saturated heterocycles. The van der Waals surface area contributed by atoms with Crippen LogP contribution in [0.2, 0.25) is 0 Å². The number of oxazole rings is 1. The first-order valence-electron chi connectivity index (χ1n) is 5.48. The summed E-state index contributed by atoms with van der Waals surface area (Å²) < 4.78 is 5.53. The van der Waals surface area contributed by atoms with E-state index >= 15 is 0 Å². The average molecular weight is 210 g/mol. The Kier molecular flexibility index (Phi) is 3.07. The van der Waals surface area contributed by atoms with E-state index in [1.165, 1.54) is 12.8 Å². The second-order valence-corrected chi connectivity index (χ2v) is 4.17. The number of aromatic nitrogens is 1. The average Bonchev–Trinajstić information content (AvgIpc) is 2.95. The first-order valence-corrected chi connectivity index (χ1v) is 5.48. The Morgan fingerprint density at radius 2 is 2.20 bits per heavy atom. The molecule has 1 N–H and O–H groups in total. The second kappa shape index (κ2) is 4.33. The number of hydrogen-bond acceptors (Lipinski definition) is 4. The largest absolute Gasteiger partial charge is 0.444 e. The van der Waals surface area contributed by atoms with Gasteiger partial charge in [0, 0.05) is 12.6 Å². The summed E-state index contributed by atoms with van der Waals surface area (Å²) in [4.78, 5) is 6.59. The molecule has 0 bridgehead atoms. The van der Waals surface area contributed by atoms with E-state index in [0.717, 1.165) is 23.9 Å². The molecule has 0 aromatic carbocycles. The number of hydrogen-bond donors (Lipinski definition) is 1. The maximum absolute atomic E-state index is 8.96. The fourth-order valence-electron chi connectivity index (χ4n) is 1.74. The van der Waals surface area contributed by atoms with Gasteiger partial charge < -0.3 is 9.52 Å². The van der Waals surface area contributed by atoms with Crippen LogP contribution >= 0.6 is 0 Å². The molecule has 1 aliphatic rings. The van der Waals surface area contributed by atoms with Crippen LogP contribution in [0.25, 0.3) is 0 Å². The highest BCUT2D eigenvalue weighted by Gasteiger charge is 2.29. The zero-order valence-corrected chi connectivity index (χ0v) is 9.36. The lowest BCUT2D eigenvalue weighted by atomic mass is 10.4. The van der Waals surface area contributed by atoms with Crippen molar-refractivity contribution in [3.8, 4) is 0 Å². The number of aliphatic hydroxyl groups excluding tert-OH is 1. The molecule has 2 rings (SSSR count). The molecular formula is C11H18N2O2. The van der Waals surface area contributed by atoms with Crippen LogP contribution in [0, 0.1) is 13.8 Å². The highest BCUT2D eigenvalue weighted by Crippen LogP contribution is 2.28. The SMILES string of the molecule is Cc1nc(CN(CCO)C2CC2)oc1C. The molecule has 84 valence electrons. The van der Waals surface area contributed by atoms with Crippen molar-refractivity contribution in [1.29, 1.82) is 0 Å². The van der Waals surface area contributed by atoms with Gasteiger partial charge in [-0.3, -0.25) is 4.90 Å². The van der Waals surface area contributed by atoms with Gasteiger partial charge in [-0.15, -0.1) is 0 Å². The smallest absolute Gasteiger partial charge is 0.208 e. The quantitative estimate of drug-likeness (QED) is 0.794. The molecule has 4 heteroatoms. The monoisotopic (exact) mass is 210 g/mol. The van der Waals surface area contributed by atoms with Crippen LogP contribution in [0.15, 0.2) is 4.42 Å². The normalized spacial score (nSPS) is 16.3. The highest BCUT2D eigenvalue weighted by atomic mass is 16.4. The Bertz CT molecular complexity index is 312. The molecule has 1 aromatic rings. The van der Waals surface area contributed by atoms with Crippen LogP contribution in [0.1, 0.15) is 30.2 Å². The van der Waals surface area contributed by atoms with Gasteiger partial charge in [0.1, 0.15) is 5.76 Å². The van der Waals surface area contributed by atoms with Gasteiger partial charge in [0.25, 0.3) is 0 Å². The summed E-state index contributed by atoms with van der Waals surface area (Å²) in [5.74, 6) is 1.66. The molecule has 15 heavy (non-hydrogen) atoms. The number of nitrogens with zero attached hydrogens (tertiary/aromatic N) is 2. The molecule has 0 aliphatic heterocycles. The van der Waals surface area contributed by atoms with Gasteiger partial charge in [-0.25, -0.2) is 4.98 Å². The lowest BCUT2D eigenvalue weighted by Gasteiger charge is -2.18. The van der Waals surface area contributed by atoms with Crippen molar-refractivity contribution >= 4 is 0 Å². The Labute approximate surface area is 89.9 Å².